The molecular weight excluding hydrogens is 336 g/mol. The molecule has 0 bridgehead atoms. The van der Waals surface area contributed by atoms with E-state index in [1.54, 1.807) is 11.3 Å². The van der Waals surface area contributed by atoms with Crippen LogP contribution in [-0.4, -0.2) is 30.0 Å². The summed E-state index contributed by atoms with van der Waals surface area (Å²) < 4.78 is 6.35. The quantitative estimate of drug-likeness (QED) is 0.661. The van der Waals surface area contributed by atoms with E-state index < -0.39 is 0 Å². The number of thiazole rings is 1. The molecule has 1 aliphatic carbocycles. The number of esters is 1. The van der Waals surface area contributed by atoms with Crippen LogP contribution in [0.25, 0.3) is 10.2 Å². The highest BCUT2D eigenvalue weighted by Gasteiger charge is 2.35. The van der Waals surface area contributed by atoms with Gasteiger partial charge in [0.25, 0.3) is 5.91 Å². The summed E-state index contributed by atoms with van der Waals surface area (Å²) in [5.74, 6) is 1.44. The molecule has 2 aromatic rings. The molecule has 0 unspecified atom stereocenters. The first-order chi connectivity index (χ1) is 12.2. The van der Waals surface area contributed by atoms with Crippen LogP contribution in [0.5, 0.6) is 0 Å². The zero-order chi connectivity index (χ0) is 17.6. The van der Waals surface area contributed by atoms with Crippen LogP contribution in [0.4, 0.5) is 0 Å². The van der Waals surface area contributed by atoms with Gasteiger partial charge >= 0.3 is 5.97 Å². The number of nitrogens with zero attached hydrogens (tertiary/aromatic N) is 1. The highest BCUT2D eigenvalue weighted by atomic mass is 32.1. The first-order valence-corrected chi connectivity index (χ1v) is 9.23. The zero-order valence-corrected chi connectivity index (χ0v) is 14.7. The first-order valence-electron chi connectivity index (χ1n) is 8.41. The summed E-state index contributed by atoms with van der Waals surface area (Å²) in [4.78, 5) is 28.8. The average molecular weight is 356 g/mol. The lowest BCUT2D eigenvalue weighted by atomic mass is 9.79. The van der Waals surface area contributed by atoms with Gasteiger partial charge in [0.05, 0.1) is 27.7 Å². The molecule has 5 nitrogen and oxygen atoms in total. The molecule has 6 heteroatoms. The molecule has 1 aliphatic rings. The van der Waals surface area contributed by atoms with E-state index in [-0.39, 0.29) is 36.9 Å². The van der Waals surface area contributed by atoms with E-state index in [1.807, 2.05) is 24.3 Å². The second-order valence-corrected chi connectivity index (χ2v) is 7.17. The summed E-state index contributed by atoms with van der Waals surface area (Å²) in [6.45, 7) is -0.155. The zero-order valence-electron chi connectivity index (χ0n) is 13.9. The number of aromatic nitrogens is 1. The summed E-state index contributed by atoms with van der Waals surface area (Å²) in [6, 6.07) is 7.99. The average Bonchev–Trinajstić information content (AvgIpc) is 3.08. The van der Waals surface area contributed by atoms with E-state index in [0.717, 1.165) is 40.9 Å². The Labute approximate surface area is 150 Å². The fourth-order valence-electron chi connectivity index (χ4n) is 3.20. The molecule has 1 amide bonds. The lowest BCUT2D eigenvalue weighted by molar-refractivity contribution is -0.154. The van der Waals surface area contributed by atoms with Crippen molar-refractivity contribution < 1.29 is 14.3 Å². The Morgan fingerprint density at radius 2 is 2.12 bits per heavy atom. The summed E-state index contributed by atoms with van der Waals surface area (Å²) in [7, 11) is 0. The minimum Gasteiger partial charge on any atom is -0.455 e. The van der Waals surface area contributed by atoms with Crippen LogP contribution in [0.2, 0.25) is 0 Å². The van der Waals surface area contributed by atoms with E-state index in [9.17, 15) is 9.59 Å². The van der Waals surface area contributed by atoms with Crippen LogP contribution < -0.4 is 5.32 Å². The van der Waals surface area contributed by atoms with Gasteiger partial charge < -0.3 is 10.1 Å². The lowest BCUT2D eigenvalue weighted by Crippen LogP contribution is -2.33. The maximum Gasteiger partial charge on any atom is 0.310 e. The summed E-state index contributed by atoms with van der Waals surface area (Å²) in [6.07, 6.45) is 8.84. The second-order valence-electron chi connectivity index (χ2n) is 6.11. The van der Waals surface area contributed by atoms with Gasteiger partial charge in [-0.3, -0.25) is 9.59 Å². The lowest BCUT2D eigenvalue weighted by Gasteiger charge is -2.28. The van der Waals surface area contributed by atoms with Gasteiger partial charge in [0.1, 0.15) is 0 Å². The smallest absolute Gasteiger partial charge is 0.310 e. The van der Waals surface area contributed by atoms with Crippen molar-refractivity contribution in [2.24, 2.45) is 5.92 Å². The third kappa shape index (κ3) is 4.18. The number of benzene rings is 1. The Kier molecular flexibility index (Phi) is 5.67. The summed E-state index contributed by atoms with van der Waals surface area (Å²) >= 11 is 1.64. The minimum atomic E-state index is -0.376. The van der Waals surface area contributed by atoms with Crippen molar-refractivity contribution >= 4 is 33.4 Å². The van der Waals surface area contributed by atoms with Crippen molar-refractivity contribution in [1.29, 1.82) is 0 Å². The number of ether oxygens (including phenoxy) is 1. The van der Waals surface area contributed by atoms with Crippen LogP contribution in [0.15, 0.2) is 24.3 Å². The van der Waals surface area contributed by atoms with Crippen molar-refractivity contribution in [3.8, 4) is 12.3 Å². The molecule has 130 valence electrons. The number of carbonyl (C=O) groups excluding carboxylic acids is 2. The highest BCUT2D eigenvalue weighted by Crippen LogP contribution is 2.41. The number of nitrogens with one attached hydrogen (secondary N) is 1. The predicted octanol–water partition coefficient (Wildman–Crippen LogP) is 2.86. The third-order valence-electron chi connectivity index (χ3n) is 4.43. The molecule has 1 aromatic heterocycles. The second kappa shape index (κ2) is 8.13. The number of hydrogen-bond donors (Lipinski definition) is 1. The van der Waals surface area contributed by atoms with Crippen molar-refractivity contribution in [3.05, 3.63) is 29.3 Å². The van der Waals surface area contributed by atoms with E-state index in [2.05, 4.69) is 11.2 Å². The van der Waals surface area contributed by atoms with Gasteiger partial charge in [-0.1, -0.05) is 30.9 Å². The molecule has 1 heterocycles. The Morgan fingerprint density at radius 1 is 1.32 bits per heavy atom. The Hall–Kier alpha value is -2.39. The molecule has 0 saturated heterocycles. The van der Waals surface area contributed by atoms with Gasteiger partial charge in [-0.05, 0) is 25.0 Å². The minimum absolute atomic E-state index is 0.0624. The fourth-order valence-corrected chi connectivity index (χ4v) is 4.37. The van der Waals surface area contributed by atoms with E-state index in [0.29, 0.717) is 0 Å². The standard InChI is InChI=1S/C19H20N2O3S/c1-2-11-20-17(22)12-24-19(23)14-8-4-3-7-13(14)18-21-15-9-5-6-10-16(15)25-18/h1,5-6,9-10,13-14H,3-4,7-8,11-12H2,(H,20,22)/t13-,14+/m0/s1. The number of fused-ring (bicyclic) bond motifs is 1. The van der Waals surface area contributed by atoms with Crippen molar-refractivity contribution in [1.82, 2.24) is 10.3 Å². The molecule has 2 atom stereocenters. The van der Waals surface area contributed by atoms with Gasteiger partial charge in [0, 0.05) is 5.92 Å². The topological polar surface area (TPSA) is 68.3 Å². The van der Waals surface area contributed by atoms with Gasteiger partial charge in [0.15, 0.2) is 6.61 Å². The maximum absolute atomic E-state index is 12.5. The largest absolute Gasteiger partial charge is 0.455 e. The molecule has 25 heavy (non-hydrogen) atoms. The van der Waals surface area contributed by atoms with Gasteiger partial charge in [-0.2, -0.15) is 0 Å². The molecule has 1 aromatic carbocycles. The number of carbonyl (C=O) groups is 2. The third-order valence-corrected chi connectivity index (χ3v) is 5.60. The molecule has 1 saturated carbocycles. The molecule has 1 N–H and O–H groups in total. The van der Waals surface area contributed by atoms with Crippen LogP contribution >= 0.6 is 11.3 Å². The van der Waals surface area contributed by atoms with Crippen molar-refractivity contribution in [2.75, 3.05) is 13.2 Å². The first kappa shape index (κ1) is 17.4. The van der Waals surface area contributed by atoms with Gasteiger partial charge in [0.2, 0.25) is 0 Å². The normalized spacial score (nSPS) is 20.0. The van der Waals surface area contributed by atoms with Gasteiger partial charge in [-0.25, -0.2) is 4.98 Å². The SMILES string of the molecule is C#CCNC(=O)COC(=O)[C@@H]1CCCC[C@@H]1c1nc2ccccc2s1. The molecule has 0 aliphatic heterocycles. The molecule has 1 fully saturated rings. The Morgan fingerprint density at radius 3 is 2.92 bits per heavy atom. The number of hydrogen-bond acceptors (Lipinski definition) is 5. The van der Waals surface area contributed by atoms with Crippen LogP contribution in [0, 0.1) is 18.3 Å². The monoisotopic (exact) mass is 356 g/mol. The molecule has 0 spiro atoms. The number of rotatable bonds is 5. The van der Waals surface area contributed by atoms with Crippen LogP contribution in [0.3, 0.4) is 0 Å². The predicted molar refractivity (Wildman–Crippen MR) is 97.1 cm³/mol. The maximum atomic E-state index is 12.5. The molecule has 3 rings (SSSR count). The number of para-hydroxylation sites is 1. The summed E-state index contributed by atoms with van der Waals surface area (Å²) in [5.41, 5.74) is 0.967. The Balaban J connectivity index is 1.69. The highest BCUT2D eigenvalue weighted by molar-refractivity contribution is 7.18. The van der Waals surface area contributed by atoms with E-state index in [4.69, 9.17) is 16.1 Å². The summed E-state index contributed by atoms with van der Waals surface area (Å²) in [5, 5.41) is 3.47. The Bertz CT molecular complexity index is 775. The fraction of sp³-hybridized carbons (Fsp3) is 0.421. The van der Waals surface area contributed by atoms with Crippen LogP contribution in [-0.2, 0) is 14.3 Å². The molecular formula is C19H20N2O3S. The van der Waals surface area contributed by atoms with Crippen LogP contribution in [0.1, 0.15) is 36.6 Å². The number of amides is 1. The van der Waals surface area contributed by atoms with E-state index >= 15 is 0 Å². The number of terminal acetylenes is 1. The van der Waals surface area contributed by atoms with Crippen molar-refractivity contribution in [3.63, 3.8) is 0 Å². The van der Waals surface area contributed by atoms with E-state index in [1.165, 1.54) is 0 Å². The molecule has 0 radical (unpaired) electrons. The van der Waals surface area contributed by atoms with Crippen molar-refractivity contribution in [2.45, 2.75) is 31.6 Å². The van der Waals surface area contributed by atoms with Gasteiger partial charge in [-0.15, -0.1) is 17.8 Å².